The first-order valence-corrected chi connectivity index (χ1v) is 7.67. The highest BCUT2D eigenvalue weighted by Crippen LogP contribution is 2.41. The van der Waals surface area contributed by atoms with Crippen molar-refractivity contribution in [1.82, 2.24) is 5.48 Å². The van der Waals surface area contributed by atoms with Gasteiger partial charge in [-0.05, 0) is 6.42 Å². The molecule has 0 radical (unpaired) electrons. The lowest BCUT2D eigenvalue weighted by molar-refractivity contribution is -0.126. The molecular formula is C10H22NO5P. The monoisotopic (exact) mass is 267 g/mol. The van der Waals surface area contributed by atoms with Crippen LogP contribution in [-0.2, 0) is 13.9 Å². The second-order valence-corrected chi connectivity index (χ2v) is 5.78. The Hall–Kier alpha value is -0.420. The van der Waals surface area contributed by atoms with Gasteiger partial charge in [-0.3, -0.25) is 14.6 Å². The van der Waals surface area contributed by atoms with Crippen molar-refractivity contribution in [2.45, 2.75) is 45.4 Å². The molecule has 0 spiro atoms. The van der Waals surface area contributed by atoms with Gasteiger partial charge in [0.15, 0.2) is 0 Å². The summed E-state index contributed by atoms with van der Waals surface area (Å²) in [4.78, 5) is 19.9. The highest BCUT2D eigenvalue weighted by Gasteiger charge is 2.23. The number of carbonyl (C=O) groups excluding carboxylic acids is 1. The average Bonchev–Trinajstić information content (AvgIpc) is 2.27. The number of hydroxylamine groups is 1. The van der Waals surface area contributed by atoms with Gasteiger partial charge in [0.2, 0.25) is 0 Å². The quantitative estimate of drug-likeness (QED) is 0.244. The van der Waals surface area contributed by atoms with Gasteiger partial charge in [-0.25, -0.2) is 5.48 Å². The van der Waals surface area contributed by atoms with E-state index in [0.29, 0.717) is 6.42 Å². The minimum atomic E-state index is -3.90. The minimum Gasteiger partial charge on any atom is -0.324 e. The van der Waals surface area contributed by atoms with Crippen molar-refractivity contribution in [2.24, 2.45) is 0 Å². The van der Waals surface area contributed by atoms with Crippen LogP contribution in [0.25, 0.3) is 0 Å². The van der Waals surface area contributed by atoms with E-state index in [4.69, 9.17) is 9.73 Å². The molecule has 0 rings (SSSR count). The van der Waals surface area contributed by atoms with Crippen LogP contribution < -0.4 is 5.48 Å². The molecule has 0 saturated heterocycles. The normalized spacial score (nSPS) is 14.3. The molecule has 0 aromatic carbocycles. The average molecular weight is 267 g/mol. The summed E-state index contributed by atoms with van der Waals surface area (Å²) in [6, 6.07) is 0. The Morgan fingerprint density at radius 3 is 2.41 bits per heavy atom. The molecule has 3 N–H and O–H groups in total. The Labute approximate surface area is 102 Å². The largest absolute Gasteiger partial charge is 0.337 e. The number of rotatable bonds is 10. The van der Waals surface area contributed by atoms with Gasteiger partial charge in [0, 0.05) is 0 Å². The Kier molecular flexibility index (Phi) is 9.36. The number of hydrogen-bond acceptors (Lipinski definition) is 4. The molecule has 0 aliphatic heterocycles. The van der Waals surface area contributed by atoms with E-state index in [1.807, 2.05) is 0 Å². The number of nitrogens with one attached hydrogen (secondary N) is 1. The fraction of sp³-hybridized carbons (Fsp3) is 0.900. The van der Waals surface area contributed by atoms with Crippen LogP contribution in [0.3, 0.4) is 0 Å². The highest BCUT2D eigenvalue weighted by molar-refractivity contribution is 7.53. The number of unbranched alkanes of at least 4 members (excludes halogenated alkanes) is 5. The number of amides is 1. The lowest BCUT2D eigenvalue weighted by atomic mass is 10.1. The fourth-order valence-electron chi connectivity index (χ4n) is 1.35. The third kappa shape index (κ3) is 10.5. The summed E-state index contributed by atoms with van der Waals surface area (Å²) in [5, 5.41) is 8.20. The first-order chi connectivity index (χ1) is 8.02. The highest BCUT2D eigenvalue weighted by atomic mass is 31.2. The molecule has 0 aromatic heterocycles. The molecule has 0 aliphatic rings. The van der Waals surface area contributed by atoms with Crippen LogP contribution in [0.1, 0.15) is 45.4 Å². The zero-order valence-corrected chi connectivity index (χ0v) is 11.1. The number of hydrogen-bond donors (Lipinski definition) is 3. The molecule has 1 amide bonds. The Bertz CT molecular complexity index is 259. The third-order valence-electron chi connectivity index (χ3n) is 2.26. The van der Waals surface area contributed by atoms with Crippen molar-refractivity contribution >= 4 is 13.5 Å². The van der Waals surface area contributed by atoms with E-state index in [2.05, 4.69) is 6.92 Å². The maximum Gasteiger partial charge on any atom is 0.337 e. The molecule has 7 heteroatoms. The smallest absolute Gasteiger partial charge is 0.324 e. The zero-order chi connectivity index (χ0) is 13.1. The predicted molar refractivity (Wildman–Crippen MR) is 63.9 cm³/mol. The summed E-state index contributed by atoms with van der Waals surface area (Å²) in [6.07, 6.45) is 5.58. The van der Waals surface area contributed by atoms with E-state index in [1.165, 1.54) is 24.7 Å². The van der Waals surface area contributed by atoms with Gasteiger partial charge in [0.05, 0.1) is 6.61 Å². The Morgan fingerprint density at radius 1 is 1.24 bits per heavy atom. The maximum absolute atomic E-state index is 11.3. The SMILES string of the molecule is CCCCCCCCOP(=O)(O)CC(=O)NO. The van der Waals surface area contributed by atoms with Crippen molar-refractivity contribution in [2.75, 3.05) is 12.8 Å². The van der Waals surface area contributed by atoms with Crippen LogP contribution >= 0.6 is 7.60 Å². The molecule has 17 heavy (non-hydrogen) atoms. The second-order valence-electron chi connectivity index (χ2n) is 3.93. The van der Waals surface area contributed by atoms with Gasteiger partial charge in [-0.2, -0.15) is 0 Å². The lowest BCUT2D eigenvalue weighted by Crippen LogP contribution is -2.22. The molecule has 1 atom stereocenters. The van der Waals surface area contributed by atoms with E-state index in [0.717, 1.165) is 12.8 Å². The molecule has 0 saturated carbocycles. The van der Waals surface area contributed by atoms with Crippen LogP contribution in [-0.4, -0.2) is 28.8 Å². The second kappa shape index (κ2) is 9.59. The zero-order valence-electron chi connectivity index (χ0n) is 10.2. The van der Waals surface area contributed by atoms with Crippen LogP contribution in [0, 0.1) is 0 Å². The van der Waals surface area contributed by atoms with Gasteiger partial charge in [-0.15, -0.1) is 0 Å². The van der Waals surface area contributed by atoms with Crippen molar-refractivity contribution in [3.8, 4) is 0 Å². The van der Waals surface area contributed by atoms with Gasteiger partial charge in [-0.1, -0.05) is 39.0 Å². The summed E-state index contributed by atoms with van der Waals surface area (Å²) in [5.41, 5.74) is 1.29. The van der Waals surface area contributed by atoms with Crippen LogP contribution in [0.2, 0.25) is 0 Å². The lowest BCUT2D eigenvalue weighted by Gasteiger charge is -2.10. The summed E-state index contributed by atoms with van der Waals surface area (Å²) >= 11 is 0. The van der Waals surface area contributed by atoms with Crippen molar-refractivity contribution in [3.63, 3.8) is 0 Å². The van der Waals surface area contributed by atoms with E-state index >= 15 is 0 Å². The molecule has 6 nitrogen and oxygen atoms in total. The van der Waals surface area contributed by atoms with Crippen LogP contribution in [0.15, 0.2) is 0 Å². The van der Waals surface area contributed by atoms with Gasteiger partial charge >= 0.3 is 7.60 Å². The van der Waals surface area contributed by atoms with Gasteiger partial charge in [0.1, 0.15) is 6.16 Å². The minimum absolute atomic E-state index is 0.165. The third-order valence-corrected chi connectivity index (χ3v) is 3.53. The van der Waals surface area contributed by atoms with E-state index in [9.17, 15) is 14.3 Å². The fourth-order valence-corrected chi connectivity index (χ4v) is 2.29. The molecular weight excluding hydrogens is 245 g/mol. The molecule has 0 bridgehead atoms. The number of carbonyl (C=O) groups is 1. The molecule has 0 heterocycles. The van der Waals surface area contributed by atoms with Crippen LogP contribution in [0.5, 0.6) is 0 Å². The van der Waals surface area contributed by atoms with E-state index < -0.39 is 19.7 Å². The van der Waals surface area contributed by atoms with Crippen molar-refractivity contribution < 1.29 is 24.0 Å². The Morgan fingerprint density at radius 2 is 1.82 bits per heavy atom. The molecule has 0 fully saturated rings. The van der Waals surface area contributed by atoms with Crippen molar-refractivity contribution in [1.29, 1.82) is 0 Å². The molecule has 1 unspecified atom stereocenters. The van der Waals surface area contributed by atoms with Gasteiger partial charge in [0.25, 0.3) is 5.91 Å². The summed E-state index contributed by atoms with van der Waals surface area (Å²) < 4.78 is 16.0. The van der Waals surface area contributed by atoms with Gasteiger partial charge < -0.3 is 9.42 Å². The predicted octanol–water partition coefficient (Wildman–Crippen LogP) is 2.05. The molecule has 102 valence electrons. The first-order valence-electron chi connectivity index (χ1n) is 5.91. The summed E-state index contributed by atoms with van der Waals surface area (Å²) in [6.45, 7) is 2.30. The molecule has 0 aliphatic carbocycles. The first kappa shape index (κ1) is 16.6. The van der Waals surface area contributed by atoms with Crippen LogP contribution in [0.4, 0.5) is 0 Å². The van der Waals surface area contributed by atoms with Crippen molar-refractivity contribution in [3.05, 3.63) is 0 Å². The molecule has 0 aromatic rings. The summed E-state index contributed by atoms with van der Waals surface area (Å²) in [5.74, 6) is -0.918. The Balaban J connectivity index is 3.52. The standard InChI is InChI=1S/C10H22NO5P/c1-2-3-4-5-6-7-8-16-17(14,15)9-10(12)11-13/h13H,2-9H2,1H3,(H,11,12)(H,14,15). The summed E-state index contributed by atoms with van der Waals surface area (Å²) in [7, 11) is -3.90. The topological polar surface area (TPSA) is 95.9 Å². The van der Waals surface area contributed by atoms with E-state index in [-0.39, 0.29) is 6.61 Å². The van der Waals surface area contributed by atoms with E-state index in [1.54, 1.807) is 0 Å². The maximum atomic E-state index is 11.3.